The zero-order chi connectivity index (χ0) is 14.8. The molecule has 4 rings (SSSR count). The Morgan fingerprint density at radius 2 is 1.08 bits per heavy atom. The van der Waals surface area contributed by atoms with E-state index in [4.69, 9.17) is 0 Å². The molecule has 1 aliphatic rings. The highest BCUT2D eigenvalue weighted by atomic mass is 79.9. The van der Waals surface area contributed by atoms with Gasteiger partial charge < -0.3 is 0 Å². The Morgan fingerprint density at radius 1 is 0.625 bits per heavy atom. The Hall–Kier alpha value is -1.00. The van der Waals surface area contributed by atoms with E-state index in [9.17, 15) is 0 Å². The summed E-state index contributed by atoms with van der Waals surface area (Å²) in [5.41, 5.74) is 1.57. The fraction of sp³-hybridized carbons (Fsp3) is 0.143. The predicted octanol–water partition coefficient (Wildman–Crippen LogP) is 4.96. The van der Waals surface area contributed by atoms with Crippen molar-refractivity contribution < 1.29 is 0 Å². The van der Waals surface area contributed by atoms with Gasteiger partial charge in [-0.05, 0) is 48.2 Å². The van der Waals surface area contributed by atoms with Crippen LogP contribution in [0.15, 0.2) is 84.9 Å². The molecule has 3 heteroatoms. The first kappa shape index (κ1) is 19.3. The predicted molar refractivity (Wildman–Crippen MR) is 119 cm³/mol. The minimum atomic E-state index is -0.459. The van der Waals surface area contributed by atoms with Crippen LogP contribution in [0.2, 0.25) is 0 Å². The zero-order valence-electron chi connectivity index (χ0n) is 13.6. The van der Waals surface area contributed by atoms with Crippen LogP contribution in [0.5, 0.6) is 0 Å². The van der Waals surface area contributed by atoms with Crippen LogP contribution in [-0.4, -0.2) is 0 Å². The number of rotatable bonds is 4. The topological polar surface area (TPSA) is 0 Å². The van der Waals surface area contributed by atoms with E-state index < -0.39 is 7.92 Å². The summed E-state index contributed by atoms with van der Waals surface area (Å²) in [4.78, 5) is 0. The second kappa shape index (κ2) is 8.91. The summed E-state index contributed by atoms with van der Waals surface area (Å²) in [6.45, 7) is 0. The molecule has 0 aliphatic heterocycles. The third-order valence-corrected chi connectivity index (χ3v) is 6.74. The molecule has 3 aromatic carbocycles. The maximum atomic E-state index is 2.35. The van der Waals surface area contributed by atoms with E-state index in [1.165, 1.54) is 28.8 Å². The molecule has 0 bridgehead atoms. The largest absolute Gasteiger partial charge is 0.153 e. The van der Waals surface area contributed by atoms with E-state index >= 15 is 0 Å². The van der Waals surface area contributed by atoms with Crippen molar-refractivity contribution in [2.24, 2.45) is 0 Å². The van der Waals surface area contributed by atoms with Gasteiger partial charge in [-0.25, -0.2) is 0 Å². The molecule has 0 amide bonds. The first-order valence-corrected chi connectivity index (χ1v) is 9.27. The van der Waals surface area contributed by atoms with E-state index in [0.29, 0.717) is 0 Å². The van der Waals surface area contributed by atoms with Gasteiger partial charge in [0.25, 0.3) is 0 Å². The molecule has 1 unspecified atom stereocenters. The molecule has 3 aromatic rings. The van der Waals surface area contributed by atoms with Gasteiger partial charge in [-0.3, -0.25) is 0 Å². The quantitative estimate of drug-likeness (QED) is 0.527. The SMILES string of the molecule is Br.P.c1ccc(P(c2ccccc2)c2ccccc2C2CC2)cc1. The Balaban J connectivity index is 0.00000104. The smallest absolute Gasteiger partial charge is 0.0116 e. The fourth-order valence-electron chi connectivity index (χ4n) is 3.01. The van der Waals surface area contributed by atoms with Gasteiger partial charge in [-0.2, -0.15) is 9.90 Å². The van der Waals surface area contributed by atoms with E-state index in [1.54, 1.807) is 5.56 Å². The van der Waals surface area contributed by atoms with Gasteiger partial charge >= 0.3 is 0 Å². The molecule has 0 spiro atoms. The second-order valence-corrected chi connectivity index (χ2v) is 8.03. The molecule has 0 radical (unpaired) electrons. The number of hydrogen-bond donors (Lipinski definition) is 0. The van der Waals surface area contributed by atoms with Crippen LogP contribution >= 0.6 is 34.8 Å². The molecule has 0 N–H and O–H groups in total. The van der Waals surface area contributed by atoms with Gasteiger partial charge in [-0.15, -0.1) is 17.0 Å². The minimum absolute atomic E-state index is 0. The number of halogens is 1. The van der Waals surface area contributed by atoms with Crippen molar-refractivity contribution in [1.29, 1.82) is 0 Å². The lowest BCUT2D eigenvalue weighted by atomic mass is 10.1. The summed E-state index contributed by atoms with van der Waals surface area (Å²) in [6, 6.07) is 31.1. The van der Waals surface area contributed by atoms with Crippen molar-refractivity contribution >= 4 is 50.7 Å². The van der Waals surface area contributed by atoms with Crippen molar-refractivity contribution in [3.63, 3.8) is 0 Å². The van der Waals surface area contributed by atoms with E-state index in [2.05, 4.69) is 84.9 Å². The number of hydrogen-bond acceptors (Lipinski definition) is 0. The zero-order valence-corrected chi connectivity index (χ0v) is 17.7. The lowest BCUT2D eigenvalue weighted by molar-refractivity contribution is 1.15. The fourth-order valence-corrected chi connectivity index (χ4v) is 5.56. The van der Waals surface area contributed by atoms with Crippen LogP contribution in [0.3, 0.4) is 0 Å². The summed E-state index contributed by atoms with van der Waals surface area (Å²) in [5.74, 6) is 0.786. The minimum Gasteiger partial charge on any atom is -0.153 e. The molecule has 0 aromatic heterocycles. The summed E-state index contributed by atoms with van der Waals surface area (Å²) in [6.07, 6.45) is 2.70. The van der Waals surface area contributed by atoms with Crippen LogP contribution in [0.25, 0.3) is 0 Å². The molecule has 124 valence electrons. The maximum absolute atomic E-state index is 2.35. The molecule has 1 atom stereocenters. The molecule has 0 heterocycles. The lowest BCUT2D eigenvalue weighted by Crippen LogP contribution is -2.22. The van der Waals surface area contributed by atoms with E-state index in [0.717, 1.165) is 5.92 Å². The van der Waals surface area contributed by atoms with Crippen molar-refractivity contribution in [3.8, 4) is 0 Å². The molecule has 1 saturated carbocycles. The van der Waals surface area contributed by atoms with Crippen LogP contribution in [0.4, 0.5) is 0 Å². The van der Waals surface area contributed by atoms with Crippen molar-refractivity contribution in [1.82, 2.24) is 0 Å². The average molecular weight is 417 g/mol. The molecule has 0 saturated heterocycles. The van der Waals surface area contributed by atoms with Crippen LogP contribution in [-0.2, 0) is 0 Å². The first-order chi connectivity index (χ1) is 10.9. The Labute approximate surface area is 159 Å². The highest BCUT2D eigenvalue weighted by molar-refractivity contribution is 8.93. The van der Waals surface area contributed by atoms with Gasteiger partial charge in [0.1, 0.15) is 0 Å². The van der Waals surface area contributed by atoms with E-state index in [-0.39, 0.29) is 26.9 Å². The monoisotopic (exact) mass is 416 g/mol. The Morgan fingerprint density at radius 3 is 1.58 bits per heavy atom. The van der Waals surface area contributed by atoms with Crippen molar-refractivity contribution in [3.05, 3.63) is 90.5 Å². The average Bonchev–Trinajstić information content (AvgIpc) is 3.43. The summed E-state index contributed by atoms with van der Waals surface area (Å²) >= 11 is 0. The van der Waals surface area contributed by atoms with Gasteiger partial charge in [-0.1, -0.05) is 84.9 Å². The molecule has 0 nitrogen and oxygen atoms in total. The number of benzene rings is 3. The first-order valence-electron chi connectivity index (χ1n) is 7.92. The molecule has 24 heavy (non-hydrogen) atoms. The van der Waals surface area contributed by atoms with Crippen LogP contribution < -0.4 is 15.9 Å². The Bertz CT molecular complexity index is 716. The molecular weight excluding hydrogens is 394 g/mol. The summed E-state index contributed by atoms with van der Waals surface area (Å²) in [5, 5.41) is 4.42. The lowest BCUT2D eigenvalue weighted by Gasteiger charge is -2.22. The highest BCUT2D eigenvalue weighted by Crippen LogP contribution is 2.44. The maximum Gasteiger partial charge on any atom is -0.0116 e. The van der Waals surface area contributed by atoms with Crippen molar-refractivity contribution in [2.75, 3.05) is 0 Å². The van der Waals surface area contributed by atoms with Crippen LogP contribution in [0, 0.1) is 0 Å². The normalized spacial score (nSPS) is 13.0. The van der Waals surface area contributed by atoms with Crippen molar-refractivity contribution in [2.45, 2.75) is 18.8 Å². The highest BCUT2D eigenvalue weighted by Gasteiger charge is 2.29. The molecule has 1 fully saturated rings. The standard InChI is InChI=1S/C21H19P.BrH.H3P/c1-3-9-18(10-4-1)22(19-11-5-2-6-12-19)21-14-8-7-13-20(21)17-15-16-17;;/h1-14,17H,15-16H2;1H;1H3. The van der Waals surface area contributed by atoms with Crippen LogP contribution in [0.1, 0.15) is 24.3 Å². The summed E-state index contributed by atoms with van der Waals surface area (Å²) < 4.78 is 0. The molecule has 1 aliphatic carbocycles. The Kier molecular flexibility index (Phi) is 7.17. The third kappa shape index (κ3) is 4.15. The summed E-state index contributed by atoms with van der Waals surface area (Å²) in [7, 11) is -0.459. The third-order valence-electron chi connectivity index (χ3n) is 4.22. The van der Waals surface area contributed by atoms with E-state index in [1.807, 2.05) is 0 Å². The molecular formula is C21H23BrP2. The second-order valence-electron chi connectivity index (χ2n) is 5.84. The van der Waals surface area contributed by atoms with Gasteiger partial charge in [0.05, 0.1) is 0 Å². The van der Waals surface area contributed by atoms with Gasteiger partial charge in [0.2, 0.25) is 0 Å². The van der Waals surface area contributed by atoms with Gasteiger partial charge in [0.15, 0.2) is 0 Å². The van der Waals surface area contributed by atoms with Gasteiger partial charge in [0, 0.05) is 0 Å².